The fraction of sp³-hybridized carbons (Fsp3) is 0.375. The molecule has 0 aliphatic heterocycles. The monoisotopic (exact) mass is 320 g/mol. The SMILES string of the molecule is CCC1CCC/C1=N\NC(=O)c1sc2ccccc2c1Cl. The zero-order chi connectivity index (χ0) is 14.8. The highest BCUT2D eigenvalue weighted by Crippen LogP contribution is 2.35. The van der Waals surface area contributed by atoms with Crippen molar-refractivity contribution >= 4 is 44.6 Å². The van der Waals surface area contributed by atoms with Crippen molar-refractivity contribution in [2.24, 2.45) is 11.0 Å². The molecular formula is C16H17ClN2OS. The lowest BCUT2D eigenvalue weighted by molar-refractivity contribution is 0.0959. The molecule has 0 radical (unpaired) electrons. The van der Waals surface area contributed by atoms with Crippen LogP contribution in [0.15, 0.2) is 29.4 Å². The summed E-state index contributed by atoms with van der Waals surface area (Å²) in [6.45, 7) is 2.16. The lowest BCUT2D eigenvalue weighted by Crippen LogP contribution is -2.20. The molecule has 0 spiro atoms. The van der Waals surface area contributed by atoms with E-state index in [0.29, 0.717) is 15.8 Å². The van der Waals surface area contributed by atoms with Crippen LogP contribution >= 0.6 is 22.9 Å². The molecule has 0 saturated heterocycles. The van der Waals surface area contributed by atoms with Crippen molar-refractivity contribution in [2.75, 3.05) is 0 Å². The van der Waals surface area contributed by atoms with E-state index in [2.05, 4.69) is 17.5 Å². The Balaban J connectivity index is 1.81. The van der Waals surface area contributed by atoms with Gasteiger partial charge in [-0.3, -0.25) is 4.79 Å². The highest BCUT2D eigenvalue weighted by molar-refractivity contribution is 7.21. The first-order valence-electron chi connectivity index (χ1n) is 7.24. The van der Waals surface area contributed by atoms with Crippen LogP contribution in [-0.2, 0) is 0 Å². The molecule has 1 atom stereocenters. The Hall–Kier alpha value is -1.39. The quantitative estimate of drug-likeness (QED) is 0.807. The molecule has 1 N–H and O–H groups in total. The number of benzene rings is 1. The van der Waals surface area contributed by atoms with Gasteiger partial charge < -0.3 is 0 Å². The first-order valence-corrected chi connectivity index (χ1v) is 8.44. The van der Waals surface area contributed by atoms with Crippen molar-refractivity contribution in [2.45, 2.75) is 32.6 Å². The van der Waals surface area contributed by atoms with Crippen molar-refractivity contribution in [1.29, 1.82) is 0 Å². The molecule has 1 aliphatic rings. The van der Waals surface area contributed by atoms with E-state index in [1.807, 2.05) is 24.3 Å². The lowest BCUT2D eigenvalue weighted by Gasteiger charge is -2.07. The topological polar surface area (TPSA) is 41.5 Å². The van der Waals surface area contributed by atoms with Crippen LogP contribution in [0.25, 0.3) is 10.1 Å². The average molecular weight is 321 g/mol. The Morgan fingerprint density at radius 2 is 2.29 bits per heavy atom. The fourth-order valence-corrected chi connectivity index (χ4v) is 4.23. The summed E-state index contributed by atoms with van der Waals surface area (Å²) in [4.78, 5) is 12.8. The second-order valence-corrected chi connectivity index (χ2v) is 6.71. The van der Waals surface area contributed by atoms with E-state index < -0.39 is 0 Å². The number of nitrogens with one attached hydrogen (secondary N) is 1. The molecule has 1 fully saturated rings. The standard InChI is InChI=1S/C16H17ClN2OS/c1-2-10-6-5-8-12(10)18-19-16(20)15-14(17)11-7-3-4-9-13(11)21-15/h3-4,7,9-10H,2,5-6,8H2,1H3,(H,19,20)/b18-12+. The summed E-state index contributed by atoms with van der Waals surface area (Å²) in [7, 11) is 0. The summed E-state index contributed by atoms with van der Waals surface area (Å²) in [6.07, 6.45) is 4.41. The third-order valence-electron chi connectivity index (χ3n) is 3.99. The Kier molecular flexibility index (Phi) is 4.27. The first-order chi connectivity index (χ1) is 10.2. The van der Waals surface area contributed by atoms with Gasteiger partial charge in [-0.15, -0.1) is 11.3 Å². The van der Waals surface area contributed by atoms with E-state index in [-0.39, 0.29) is 5.91 Å². The number of rotatable bonds is 3. The van der Waals surface area contributed by atoms with Gasteiger partial charge in [0.25, 0.3) is 5.91 Å². The van der Waals surface area contributed by atoms with Crippen molar-refractivity contribution in [3.05, 3.63) is 34.2 Å². The van der Waals surface area contributed by atoms with Crippen LogP contribution < -0.4 is 5.43 Å². The van der Waals surface area contributed by atoms with Gasteiger partial charge in [0.1, 0.15) is 4.88 Å². The van der Waals surface area contributed by atoms with E-state index in [1.54, 1.807) is 0 Å². The molecule has 1 aromatic heterocycles. The van der Waals surface area contributed by atoms with E-state index in [1.165, 1.54) is 17.8 Å². The summed E-state index contributed by atoms with van der Waals surface area (Å²) in [5.74, 6) is 0.304. The Morgan fingerprint density at radius 1 is 1.48 bits per heavy atom. The molecule has 1 heterocycles. The van der Waals surface area contributed by atoms with Crippen LogP contribution in [0, 0.1) is 5.92 Å². The predicted molar refractivity (Wildman–Crippen MR) is 89.4 cm³/mol. The van der Waals surface area contributed by atoms with Crippen LogP contribution in [-0.4, -0.2) is 11.6 Å². The molecule has 21 heavy (non-hydrogen) atoms. The molecule has 0 bridgehead atoms. The van der Waals surface area contributed by atoms with Crippen LogP contribution in [0.2, 0.25) is 5.02 Å². The molecule has 5 heteroatoms. The van der Waals surface area contributed by atoms with Crippen LogP contribution in [0.3, 0.4) is 0 Å². The molecule has 1 unspecified atom stereocenters. The molecule has 1 saturated carbocycles. The second kappa shape index (κ2) is 6.16. The van der Waals surface area contributed by atoms with Gasteiger partial charge in [-0.2, -0.15) is 5.10 Å². The number of carbonyl (C=O) groups is 1. The van der Waals surface area contributed by atoms with Gasteiger partial charge in [-0.05, 0) is 37.7 Å². The number of nitrogens with zero attached hydrogens (tertiary/aromatic N) is 1. The third kappa shape index (κ3) is 2.83. The number of fused-ring (bicyclic) bond motifs is 1. The van der Waals surface area contributed by atoms with Crippen molar-refractivity contribution in [3.63, 3.8) is 0 Å². The van der Waals surface area contributed by atoms with Gasteiger partial charge in [-0.1, -0.05) is 36.7 Å². The van der Waals surface area contributed by atoms with Crippen molar-refractivity contribution < 1.29 is 4.79 Å². The summed E-state index contributed by atoms with van der Waals surface area (Å²) in [6, 6.07) is 7.77. The van der Waals surface area contributed by atoms with Crippen LogP contribution in [0.5, 0.6) is 0 Å². The van der Waals surface area contributed by atoms with Gasteiger partial charge in [0, 0.05) is 15.8 Å². The Bertz CT molecular complexity index is 707. The molecule has 1 aromatic carbocycles. The van der Waals surface area contributed by atoms with E-state index >= 15 is 0 Å². The third-order valence-corrected chi connectivity index (χ3v) is 5.67. The molecule has 1 aliphatic carbocycles. The minimum Gasteiger partial charge on any atom is -0.266 e. The van der Waals surface area contributed by atoms with Crippen molar-refractivity contribution in [3.8, 4) is 0 Å². The maximum absolute atomic E-state index is 12.3. The smallest absolute Gasteiger partial charge is 0.266 e. The zero-order valence-electron chi connectivity index (χ0n) is 11.9. The molecule has 110 valence electrons. The number of amides is 1. The number of carbonyl (C=O) groups excluding carboxylic acids is 1. The summed E-state index contributed by atoms with van der Waals surface area (Å²) < 4.78 is 1.02. The van der Waals surface area contributed by atoms with Gasteiger partial charge in [0.15, 0.2) is 0 Å². The van der Waals surface area contributed by atoms with Crippen LogP contribution in [0.4, 0.5) is 0 Å². The average Bonchev–Trinajstić information content (AvgIpc) is 3.09. The normalized spacial score (nSPS) is 20.3. The summed E-state index contributed by atoms with van der Waals surface area (Å²) in [5.41, 5.74) is 3.80. The largest absolute Gasteiger partial charge is 0.283 e. The molecule has 1 amide bonds. The van der Waals surface area contributed by atoms with E-state index in [4.69, 9.17) is 11.6 Å². The Labute approximate surface area is 133 Å². The van der Waals surface area contributed by atoms with Crippen molar-refractivity contribution in [1.82, 2.24) is 5.43 Å². The Morgan fingerprint density at radius 3 is 3.05 bits per heavy atom. The lowest BCUT2D eigenvalue weighted by atomic mass is 10.0. The molecule has 3 nitrogen and oxygen atoms in total. The number of halogens is 1. The maximum atomic E-state index is 12.3. The molecule has 3 rings (SSSR count). The number of hydrogen-bond donors (Lipinski definition) is 1. The minimum absolute atomic E-state index is 0.213. The van der Waals surface area contributed by atoms with Gasteiger partial charge in [-0.25, -0.2) is 5.43 Å². The minimum atomic E-state index is -0.213. The van der Waals surface area contributed by atoms with Gasteiger partial charge in [0.05, 0.1) is 5.02 Å². The summed E-state index contributed by atoms with van der Waals surface area (Å²) in [5, 5.41) is 5.77. The fourth-order valence-electron chi connectivity index (χ4n) is 2.82. The maximum Gasteiger partial charge on any atom is 0.283 e. The highest BCUT2D eigenvalue weighted by atomic mass is 35.5. The number of hydrazone groups is 1. The second-order valence-electron chi connectivity index (χ2n) is 5.28. The van der Waals surface area contributed by atoms with E-state index in [0.717, 1.165) is 35.1 Å². The number of hydrogen-bond acceptors (Lipinski definition) is 3. The van der Waals surface area contributed by atoms with Gasteiger partial charge >= 0.3 is 0 Å². The number of thiophene rings is 1. The molecule has 2 aromatic rings. The summed E-state index contributed by atoms with van der Waals surface area (Å²) >= 11 is 7.71. The first kappa shape index (κ1) is 14.5. The highest BCUT2D eigenvalue weighted by Gasteiger charge is 2.22. The zero-order valence-corrected chi connectivity index (χ0v) is 13.4. The van der Waals surface area contributed by atoms with Gasteiger partial charge in [0.2, 0.25) is 0 Å². The van der Waals surface area contributed by atoms with Crippen LogP contribution in [0.1, 0.15) is 42.3 Å². The van der Waals surface area contributed by atoms with E-state index in [9.17, 15) is 4.79 Å². The predicted octanol–water partition coefficient (Wildman–Crippen LogP) is 4.85. The molecular weight excluding hydrogens is 304 g/mol.